The summed E-state index contributed by atoms with van der Waals surface area (Å²) in [7, 11) is 1.64. The Morgan fingerprint density at radius 1 is 0.957 bits per heavy atom. The van der Waals surface area contributed by atoms with Crippen LogP contribution in [-0.2, 0) is 6.61 Å². The summed E-state index contributed by atoms with van der Waals surface area (Å²) in [6.45, 7) is 0.404. The number of methoxy groups -OCH3 is 1. The second kappa shape index (κ2) is 6.83. The molecule has 1 heterocycles. The van der Waals surface area contributed by atoms with Crippen LogP contribution in [0.4, 0.5) is 5.82 Å². The van der Waals surface area contributed by atoms with E-state index >= 15 is 0 Å². The Bertz CT molecular complexity index is 788. The van der Waals surface area contributed by atoms with Gasteiger partial charge in [-0.25, -0.2) is 4.98 Å². The Kier molecular flexibility index (Phi) is 4.43. The Hall–Kier alpha value is -3.01. The van der Waals surface area contributed by atoms with Gasteiger partial charge in [-0.3, -0.25) is 0 Å². The zero-order valence-corrected chi connectivity index (χ0v) is 12.9. The van der Waals surface area contributed by atoms with Gasteiger partial charge < -0.3 is 15.2 Å². The van der Waals surface area contributed by atoms with Gasteiger partial charge in [-0.1, -0.05) is 42.5 Å². The number of rotatable bonds is 5. The molecular formula is C19H18N2O2. The van der Waals surface area contributed by atoms with Crippen molar-refractivity contribution in [2.75, 3.05) is 12.8 Å². The molecule has 0 saturated heterocycles. The molecule has 23 heavy (non-hydrogen) atoms. The minimum Gasteiger partial charge on any atom is -0.497 e. The molecule has 2 N–H and O–H groups in total. The number of anilines is 1. The van der Waals surface area contributed by atoms with Crippen molar-refractivity contribution in [1.29, 1.82) is 0 Å². The summed E-state index contributed by atoms with van der Waals surface area (Å²) in [5.41, 5.74) is 8.98. The van der Waals surface area contributed by atoms with Crippen molar-refractivity contribution in [3.63, 3.8) is 0 Å². The maximum Gasteiger partial charge on any atom is 0.166 e. The molecule has 3 rings (SSSR count). The van der Waals surface area contributed by atoms with Crippen molar-refractivity contribution in [3.8, 4) is 22.6 Å². The number of nitrogens with two attached hydrogens (primary N) is 1. The van der Waals surface area contributed by atoms with E-state index in [1.54, 1.807) is 13.3 Å². The quantitative estimate of drug-likeness (QED) is 0.776. The highest BCUT2D eigenvalue weighted by Crippen LogP contribution is 2.27. The van der Waals surface area contributed by atoms with Crippen LogP contribution in [0.2, 0.25) is 0 Å². The van der Waals surface area contributed by atoms with Crippen molar-refractivity contribution in [3.05, 3.63) is 72.4 Å². The lowest BCUT2D eigenvalue weighted by molar-refractivity contribution is 0.306. The molecule has 0 amide bonds. The second-order valence-electron chi connectivity index (χ2n) is 5.11. The fourth-order valence-electron chi connectivity index (χ4n) is 2.28. The number of ether oxygens (including phenoxy) is 2. The molecule has 0 radical (unpaired) electrons. The Morgan fingerprint density at radius 2 is 1.78 bits per heavy atom. The van der Waals surface area contributed by atoms with Gasteiger partial charge in [0.2, 0.25) is 0 Å². The van der Waals surface area contributed by atoms with Crippen LogP contribution in [-0.4, -0.2) is 12.1 Å². The molecule has 0 atom stereocenters. The molecule has 4 heteroatoms. The average Bonchev–Trinajstić information content (AvgIpc) is 2.62. The van der Waals surface area contributed by atoms with Crippen LogP contribution < -0.4 is 15.2 Å². The zero-order chi connectivity index (χ0) is 16.1. The van der Waals surface area contributed by atoms with Crippen LogP contribution in [0.25, 0.3) is 11.1 Å². The maximum absolute atomic E-state index is 5.93. The van der Waals surface area contributed by atoms with Crippen molar-refractivity contribution >= 4 is 5.82 Å². The second-order valence-corrected chi connectivity index (χ2v) is 5.11. The lowest BCUT2D eigenvalue weighted by Crippen LogP contribution is -2.01. The largest absolute Gasteiger partial charge is 0.497 e. The highest BCUT2D eigenvalue weighted by molar-refractivity contribution is 5.66. The molecule has 1 aromatic heterocycles. The van der Waals surface area contributed by atoms with Crippen LogP contribution >= 0.6 is 0 Å². The molecule has 0 aliphatic rings. The highest BCUT2D eigenvalue weighted by atomic mass is 16.5. The molecule has 0 fully saturated rings. The monoisotopic (exact) mass is 306 g/mol. The number of hydrogen-bond donors (Lipinski definition) is 1. The molecule has 0 aliphatic heterocycles. The molecular weight excluding hydrogens is 288 g/mol. The van der Waals surface area contributed by atoms with E-state index in [1.807, 2.05) is 60.7 Å². The number of pyridine rings is 1. The van der Waals surface area contributed by atoms with Gasteiger partial charge in [0.25, 0.3) is 0 Å². The fourth-order valence-corrected chi connectivity index (χ4v) is 2.28. The van der Waals surface area contributed by atoms with Crippen LogP contribution in [0, 0.1) is 0 Å². The van der Waals surface area contributed by atoms with E-state index in [1.165, 1.54) is 0 Å². The Morgan fingerprint density at radius 3 is 2.57 bits per heavy atom. The molecule has 0 spiro atoms. The van der Waals surface area contributed by atoms with E-state index in [4.69, 9.17) is 15.2 Å². The highest BCUT2D eigenvalue weighted by Gasteiger charge is 2.06. The lowest BCUT2D eigenvalue weighted by Gasteiger charge is -2.11. The SMILES string of the molecule is COc1cccc(COc2cc(-c3ccccc3)cnc2N)c1. The predicted molar refractivity (Wildman–Crippen MR) is 91.4 cm³/mol. The van der Waals surface area contributed by atoms with Gasteiger partial charge in [0.15, 0.2) is 11.6 Å². The lowest BCUT2D eigenvalue weighted by atomic mass is 10.1. The van der Waals surface area contributed by atoms with Gasteiger partial charge in [0.05, 0.1) is 7.11 Å². The van der Waals surface area contributed by atoms with E-state index in [0.29, 0.717) is 18.2 Å². The molecule has 0 unspecified atom stereocenters. The van der Waals surface area contributed by atoms with Crippen molar-refractivity contribution in [2.45, 2.75) is 6.61 Å². The molecule has 116 valence electrons. The number of nitrogen functional groups attached to an aromatic ring is 1. The van der Waals surface area contributed by atoms with Gasteiger partial charge in [-0.05, 0) is 29.3 Å². The van der Waals surface area contributed by atoms with E-state index in [9.17, 15) is 0 Å². The third kappa shape index (κ3) is 3.61. The summed E-state index contributed by atoms with van der Waals surface area (Å²) < 4.78 is 11.1. The van der Waals surface area contributed by atoms with Crippen LogP contribution in [0.1, 0.15) is 5.56 Å². The molecule has 0 saturated carbocycles. The van der Waals surface area contributed by atoms with Crippen molar-refractivity contribution in [2.24, 2.45) is 0 Å². The number of aromatic nitrogens is 1. The predicted octanol–water partition coefficient (Wildman–Crippen LogP) is 3.92. The summed E-state index contributed by atoms with van der Waals surface area (Å²) in [5, 5.41) is 0. The third-order valence-corrected chi connectivity index (χ3v) is 3.52. The van der Waals surface area contributed by atoms with Gasteiger partial charge in [0, 0.05) is 11.8 Å². The normalized spacial score (nSPS) is 10.3. The van der Waals surface area contributed by atoms with Crippen molar-refractivity contribution in [1.82, 2.24) is 4.98 Å². The standard InChI is InChI=1S/C19H18N2O2/c1-22-17-9-5-6-14(10-17)13-23-18-11-16(12-21-19(18)20)15-7-3-2-4-8-15/h2-12H,13H2,1H3,(H2,20,21). The van der Waals surface area contributed by atoms with E-state index in [0.717, 1.165) is 22.4 Å². The number of hydrogen-bond acceptors (Lipinski definition) is 4. The van der Waals surface area contributed by atoms with Crippen LogP contribution in [0.3, 0.4) is 0 Å². The number of nitrogens with zero attached hydrogens (tertiary/aromatic N) is 1. The molecule has 4 nitrogen and oxygen atoms in total. The first-order valence-corrected chi connectivity index (χ1v) is 7.33. The summed E-state index contributed by atoms with van der Waals surface area (Å²) >= 11 is 0. The average molecular weight is 306 g/mol. The minimum atomic E-state index is 0.382. The van der Waals surface area contributed by atoms with Crippen molar-refractivity contribution < 1.29 is 9.47 Å². The molecule has 2 aromatic carbocycles. The number of benzene rings is 2. The first-order valence-electron chi connectivity index (χ1n) is 7.33. The smallest absolute Gasteiger partial charge is 0.166 e. The van der Waals surface area contributed by atoms with Crippen LogP contribution in [0.5, 0.6) is 11.5 Å². The topological polar surface area (TPSA) is 57.4 Å². The van der Waals surface area contributed by atoms with Crippen LogP contribution in [0.15, 0.2) is 66.9 Å². The Balaban J connectivity index is 1.79. The maximum atomic E-state index is 5.93. The summed E-state index contributed by atoms with van der Waals surface area (Å²) in [6, 6.07) is 19.7. The minimum absolute atomic E-state index is 0.382. The summed E-state index contributed by atoms with van der Waals surface area (Å²) in [4.78, 5) is 4.23. The van der Waals surface area contributed by atoms with Gasteiger partial charge >= 0.3 is 0 Å². The summed E-state index contributed by atoms with van der Waals surface area (Å²) in [5.74, 6) is 1.76. The first kappa shape index (κ1) is 14.9. The first-order chi connectivity index (χ1) is 11.3. The molecule has 0 bridgehead atoms. The van der Waals surface area contributed by atoms with Gasteiger partial charge in [-0.15, -0.1) is 0 Å². The molecule has 0 aliphatic carbocycles. The molecule has 3 aromatic rings. The van der Waals surface area contributed by atoms with E-state index in [-0.39, 0.29) is 0 Å². The van der Waals surface area contributed by atoms with E-state index < -0.39 is 0 Å². The van der Waals surface area contributed by atoms with Gasteiger partial charge in [0.1, 0.15) is 12.4 Å². The van der Waals surface area contributed by atoms with Gasteiger partial charge in [-0.2, -0.15) is 0 Å². The third-order valence-electron chi connectivity index (χ3n) is 3.52. The van der Waals surface area contributed by atoms with E-state index in [2.05, 4.69) is 4.98 Å². The zero-order valence-electron chi connectivity index (χ0n) is 12.9. The summed E-state index contributed by atoms with van der Waals surface area (Å²) in [6.07, 6.45) is 1.75. The fraction of sp³-hybridized carbons (Fsp3) is 0.105. The Labute approximate surface area is 135 Å².